The maximum Gasteiger partial charge on any atom is 0.196 e. The molecule has 1 aliphatic heterocycles. The lowest BCUT2D eigenvalue weighted by Crippen LogP contribution is -2.62. The molecule has 186 valence electrons. The number of ketones is 1. The van der Waals surface area contributed by atoms with Crippen molar-refractivity contribution in [3.05, 3.63) is 95.1 Å². The Morgan fingerprint density at radius 2 is 1.67 bits per heavy atom. The number of carbonyl (C=O) groups excluding carboxylic acids is 1. The first-order valence-corrected chi connectivity index (χ1v) is 11.7. The van der Waals surface area contributed by atoms with Gasteiger partial charge in [-0.25, -0.2) is 0 Å². The van der Waals surface area contributed by atoms with Crippen molar-refractivity contribution in [1.82, 2.24) is 4.98 Å². The van der Waals surface area contributed by atoms with E-state index in [2.05, 4.69) is 4.98 Å². The maximum absolute atomic E-state index is 13.2. The van der Waals surface area contributed by atoms with Gasteiger partial charge in [0.2, 0.25) is 0 Å². The van der Waals surface area contributed by atoms with Gasteiger partial charge in [0.15, 0.2) is 24.3 Å². The Labute approximate surface area is 211 Å². The molecule has 8 nitrogen and oxygen atoms in total. The number of aliphatic hydroxyl groups is 3. The van der Waals surface area contributed by atoms with Gasteiger partial charge >= 0.3 is 0 Å². The Balaban J connectivity index is 1.48. The van der Waals surface area contributed by atoms with Crippen LogP contribution in [0.5, 0.6) is 11.5 Å². The highest BCUT2D eigenvalue weighted by Crippen LogP contribution is 2.34. The van der Waals surface area contributed by atoms with Crippen molar-refractivity contribution in [2.45, 2.75) is 30.7 Å². The Morgan fingerprint density at radius 1 is 0.944 bits per heavy atom. The van der Waals surface area contributed by atoms with E-state index in [1.165, 1.54) is 0 Å². The number of halogens is 1. The fraction of sp³-hybridized carbons (Fsp3) is 0.222. The topological polar surface area (TPSA) is 121 Å². The van der Waals surface area contributed by atoms with Crippen LogP contribution in [-0.2, 0) is 4.74 Å². The Kier molecular flexibility index (Phi) is 6.95. The van der Waals surface area contributed by atoms with E-state index in [0.717, 1.165) is 5.52 Å². The van der Waals surface area contributed by atoms with E-state index in [0.29, 0.717) is 21.7 Å². The van der Waals surface area contributed by atoms with E-state index in [1.807, 2.05) is 6.07 Å². The number of para-hydroxylation sites is 1. The number of H-pyrrole nitrogens is 1. The van der Waals surface area contributed by atoms with E-state index in [1.54, 1.807) is 72.9 Å². The van der Waals surface area contributed by atoms with Crippen molar-refractivity contribution < 1.29 is 34.3 Å². The van der Waals surface area contributed by atoms with Gasteiger partial charge in [-0.2, -0.15) is 0 Å². The average Bonchev–Trinajstić information content (AvgIpc) is 3.29. The number of carbonyl (C=O) groups is 1. The van der Waals surface area contributed by atoms with Crippen LogP contribution in [0.4, 0.5) is 0 Å². The van der Waals surface area contributed by atoms with E-state index in [-0.39, 0.29) is 17.1 Å². The number of aromatic nitrogens is 1. The van der Waals surface area contributed by atoms with E-state index < -0.39 is 37.3 Å². The summed E-state index contributed by atoms with van der Waals surface area (Å²) in [5.74, 6) is 0.309. The first-order valence-electron chi connectivity index (χ1n) is 11.4. The highest BCUT2D eigenvalue weighted by Gasteiger charge is 2.48. The summed E-state index contributed by atoms with van der Waals surface area (Å²) < 4.78 is 17.7. The smallest absolute Gasteiger partial charge is 0.196 e. The van der Waals surface area contributed by atoms with E-state index in [4.69, 9.17) is 25.8 Å². The van der Waals surface area contributed by atoms with Crippen LogP contribution in [0.25, 0.3) is 10.9 Å². The second-order valence-electron chi connectivity index (χ2n) is 8.44. The zero-order chi connectivity index (χ0) is 25.2. The fourth-order valence-electron chi connectivity index (χ4n) is 4.28. The van der Waals surface area contributed by atoms with Gasteiger partial charge in [-0.15, -0.1) is 0 Å². The molecule has 2 heterocycles. The SMILES string of the molecule is O=C(c1ccccc1)c1ccccc1O[C@@H]1[C@@H](Oc2c[nH]c3cc(Cl)ccc23)[C@H](O)[C@@H](CO)O[C@H]1O. The standard InChI is InChI=1S/C27H24ClNO7/c28-16-10-11-17-19(12-16)29-13-21(17)35-25-24(32)22(14-30)36-27(33)26(25)34-20-9-5-4-8-18(20)23(31)15-6-2-1-3-7-15/h1-13,22,24-27,29-30,32-33H,14H2/t22-,24-,25+,26-,27-/m1/s1. The predicted octanol–water partition coefficient (Wildman–Crippen LogP) is 3.32. The van der Waals surface area contributed by atoms with Crippen LogP contribution in [0.3, 0.4) is 0 Å². The Bertz CT molecular complexity index is 1360. The molecule has 0 bridgehead atoms. The van der Waals surface area contributed by atoms with Crippen LogP contribution in [0.15, 0.2) is 79.0 Å². The van der Waals surface area contributed by atoms with Crippen molar-refractivity contribution in [3.63, 3.8) is 0 Å². The summed E-state index contributed by atoms with van der Waals surface area (Å²) in [7, 11) is 0. The molecule has 0 aliphatic carbocycles. The van der Waals surface area contributed by atoms with Crippen LogP contribution >= 0.6 is 11.6 Å². The predicted molar refractivity (Wildman–Crippen MR) is 132 cm³/mol. The number of fused-ring (bicyclic) bond motifs is 1. The first kappa shape index (κ1) is 24.3. The van der Waals surface area contributed by atoms with Crippen LogP contribution in [0.2, 0.25) is 5.02 Å². The summed E-state index contributed by atoms with van der Waals surface area (Å²) in [6.45, 7) is -0.544. The van der Waals surface area contributed by atoms with E-state index in [9.17, 15) is 20.1 Å². The molecule has 0 radical (unpaired) electrons. The minimum Gasteiger partial charge on any atom is -0.481 e. The third-order valence-corrected chi connectivity index (χ3v) is 6.35. The largest absolute Gasteiger partial charge is 0.481 e. The normalized spacial score (nSPS) is 23.9. The Hall–Kier alpha value is -3.40. The lowest BCUT2D eigenvalue weighted by atomic mass is 9.98. The highest BCUT2D eigenvalue weighted by molar-refractivity contribution is 6.31. The van der Waals surface area contributed by atoms with Crippen molar-refractivity contribution in [3.8, 4) is 11.5 Å². The van der Waals surface area contributed by atoms with E-state index >= 15 is 0 Å². The molecule has 4 aromatic rings. The number of rotatable bonds is 7. The van der Waals surface area contributed by atoms with Crippen molar-refractivity contribution in [2.75, 3.05) is 6.61 Å². The molecule has 1 fully saturated rings. The van der Waals surface area contributed by atoms with Crippen molar-refractivity contribution in [2.24, 2.45) is 0 Å². The zero-order valence-electron chi connectivity index (χ0n) is 19.0. The first-order chi connectivity index (χ1) is 17.5. The second kappa shape index (κ2) is 10.3. The summed E-state index contributed by atoms with van der Waals surface area (Å²) in [5.41, 5.74) is 1.46. The van der Waals surface area contributed by atoms with Gasteiger partial charge in [-0.3, -0.25) is 4.79 Å². The lowest BCUT2D eigenvalue weighted by Gasteiger charge is -2.42. The van der Waals surface area contributed by atoms with Gasteiger partial charge < -0.3 is 34.5 Å². The molecule has 4 N–H and O–H groups in total. The third kappa shape index (κ3) is 4.69. The molecule has 1 aromatic heterocycles. The number of benzene rings is 3. The number of aromatic amines is 1. The molecule has 0 saturated carbocycles. The van der Waals surface area contributed by atoms with Gasteiger partial charge in [0.1, 0.15) is 23.7 Å². The molecule has 1 saturated heterocycles. The highest BCUT2D eigenvalue weighted by atomic mass is 35.5. The van der Waals surface area contributed by atoms with Crippen molar-refractivity contribution in [1.29, 1.82) is 0 Å². The van der Waals surface area contributed by atoms with Gasteiger partial charge in [0, 0.05) is 22.2 Å². The van der Waals surface area contributed by atoms with Crippen molar-refractivity contribution >= 4 is 28.3 Å². The minimum absolute atomic E-state index is 0.188. The van der Waals surface area contributed by atoms with Crippen LogP contribution in [0, 0.1) is 0 Å². The quantitative estimate of drug-likeness (QED) is 0.282. The van der Waals surface area contributed by atoms with Gasteiger partial charge in [-0.05, 0) is 30.3 Å². The molecule has 1 aliphatic rings. The summed E-state index contributed by atoms with van der Waals surface area (Å²) in [4.78, 5) is 16.2. The molecule has 0 unspecified atom stereocenters. The molecule has 3 aromatic carbocycles. The molecule has 0 spiro atoms. The number of ether oxygens (including phenoxy) is 3. The molecule has 5 atom stereocenters. The number of nitrogens with one attached hydrogen (secondary N) is 1. The summed E-state index contributed by atoms with van der Waals surface area (Å²) in [5, 5.41) is 32.7. The molecule has 9 heteroatoms. The monoisotopic (exact) mass is 509 g/mol. The summed E-state index contributed by atoms with van der Waals surface area (Å²) in [6.07, 6.45) is -4.79. The van der Waals surface area contributed by atoms with Gasteiger partial charge in [0.25, 0.3) is 0 Å². The maximum atomic E-state index is 13.2. The second-order valence-corrected chi connectivity index (χ2v) is 8.87. The number of hydrogen-bond acceptors (Lipinski definition) is 7. The van der Waals surface area contributed by atoms with Gasteiger partial charge in [-0.1, -0.05) is 54.1 Å². The van der Waals surface area contributed by atoms with Crippen LogP contribution in [0.1, 0.15) is 15.9 Å². The number of aliphatic hydroxyl groups excluding tert-OH is 3. The summed E-state index contributed by atoms with van der Waals surface area (Å²) >= 11 is 6.07. The summed E-state index contributed by atoms with van der Waals surface area (Å²) in [6, 6.07) is 20.5. The lowest BCUT2D eigenvalue weighted by molar-refractivity contribution is -0.275. The minimum atomic E-state index is -1.56. The number of hydrogen-bond donors (Lipinski definition) is 4. The van der Waals surface area contributed by atoms with Crippen LogP contribution < -0.4 is 9.47 Å². The molecule has 5 rings (SSSR count). The Morgan fingerprint density at radius 3 is 2.44 bits per heavy atom. The van der Waals surface area contributed by atoms with Crippen LogP contribution in [-0.4, -0.2) is 63.4 Å². The third-order valence-electron chi connectivity index (χ3n) is 6.12. The molecule has 0 amide bonds. The fourth-order valence-corrected chi connectivity index (χ4v) is 4.45. The molecule has 36 heavy (non-hydrogen) atoms. The molecular formula is C27H24ClNO7. The molecular weight excluding hydrogens is 486 g/mol. The average molecular weight is 510 g/mol. The zero-order valence-corrected chi connectivity index (χ0v) is 19.7. The van der Waals surface area contributed by atoms with Gasteiger partial charge in [0.05, 0.1) is 17.7 Å².